The lowest BCUT2D eigenvalue weighted by Gasteiger charge is -2.38. The molecule has 2 aliphatic heterocycles. The SMILES string of the molecule is CC(C)(C)OC(=O)N1CCC[C@@]2(CCOC2=O)C1. The molecule has 0 aliphatic carbocycles. The van der Waals surface area contributed by atoms with Gasteiger partial charge in [-0.15, -0.1) is 0 Å². The molecule has 0 radical (unpaired) electrons. The van der Waals surface area contributed by atoms with Gasteiger partial charge in [0.2, 0.25) is 0 Å². The number of cyclic esters (lactones) is 1. The van der Waals surface area contributed by atoms with Crippen molar-refractivity contribution >= 4 is 12.1 Å². The van der Waals surface area contributed by atoms with Crippen molar-refractivity contribution in [2.24, 2.45) is 5.41 Å². The molecule has 0 bridgehead atoms. The van der Waals surface area contributed by atoms with Gasteiger partial charge in [-0.05, 0) is 40.0 Å². The molecule has 1 amide bonds. The van der Waals surface area contributed by atoms with Crippen LogP contribution in [-0.4, -0.2) is 42.3 Å². The average molecular weight is 255 g/mol. The quantitative estimate of drug-likeness (QED) is 0.621. The summed E-state index contributed by atoms with van der Waals surface area (Å²) in [4.78, 5) is 25.5. The predicted octanol–water partition coefficient (Wildman–Crippen LogP) is 1.95. The van der Waals surface area contributed by atoms with Crippen LogP contribution in [0.4, 0.5) is 4.79 Å². The zero-order chi connectivity index (χ0) is 13.4. The zero-order valence-corrected chi connectivity index (χ0v) is 11.3. The molecule has 1 spiro atoms. The van der Waals surface area contributed by atoms with Crippen molar-refractivity contribution in [1.82, 2.24) is 4.90 Å². The van der Waals surface area contributed by atoms with Gasteiger partial charge in [0.05, 0.1) is 12.0 Å². The van der Waals surface area contributed by atoms with Crippen LogP contribution in [0.25, 0.3) is 0 Å². The van der Waals surface area contributed by atoms with E-state index in [1.54, 1.807) is 4.90 Å². The van der Waals surface area contributed by atoms with Gasteiger partial charge in [-0.1, -0.05) is 0 Å². The van der Waals surface area contributed by atoms with Gasteiger partial charge in [-0.3, -0.25) is 4.79 Å². The fourth-order valence-corrected chi connectivity index (χ4v) is 2.58. The Bertz CT molecular complexity index is 360. The van der Waals surface area contributed by atoms with Crippen LogP contribution in [0.2, 0.25) is 0 Å². The minimum absolute atomic E-state index is 0.157. The number of amides is 1. The maximum Gasteiger partial charge on any atom is 0.410 e. The van der Waals surface area contributed by atoms with Crippen LogP contribution >= 0.6 is 0 Å². The van der Waals surface area contributed by atoms with E-state index < -0.39 is 11.0 Å². The molecule has 18 heavy (non-hydrogen) atoms. The van der Waals surface area contributed by atoms with Crippen molar-refractivity contribution in [1.29, 1.82) is 0 Å². The van der Waals surface area contributed by atoms with Crippen LogP contribution in [0.15, 0.2) is 0 Å². The van der Waals surface area contributed by atoms with Crippen molar-refractivity contribution in [2.45, 2.75) is 45.6 Å². The van der Waals surface area contributed by atoms with Crippen LogP contribution in [-0.2, 0) is 14.3 Å². The molecule has 0 aromatic rings. The van der Waals surface area contributed by atoms with Gasteiger partial charge in [-0.2, -0.15) is 0 Å². The molecule has 2 saturated heterocycles. The summed E-state index contributed by atoms with van der Waals surface area (Å²) in [5.41, 5.74) is -0.979. The van der Waals surface area contributed by atoms with E-state index in [1.807, 2.05) is 20.8 Å². The van der Waals surface area contributed by atoms with Crippen molar-refractivity contribution in [2.75, 3.05) is 19.7 Å². The smallest absolute Gasteiger partial charge is 0.410 e. The molecule has 2 heterocycles. The van der Waals surface area contributed by atoms with E-state index in [4.69, 9.17) is 9.47 Å². The van der Waals surface area contributed by atoms with Crippen LogP contribution in [0.3, 0.4) is 0 Å². The predicted molar refractivity (Wildman–Crippen MR) is 65.1 cm³/mol. The van der Waals surface area contributed by atoms with E-state index in [0.717, 1.165) is 12.8 Å². The van der Waals surface area contributed by atoms with Gasteiger partial charge in [0.25, 0.3) is 0 Å². The van der Waals surface area contributed by atoms with Crippen molar-refractivity contribution in [3.05, 3.63) is 0 Å². The molecule has 0 N–H and O–H groups in total. The molecule has 0 aromatic heterocycles. The number of nitrogens with zero attached hydrogens (tertiary/aromatic N) is 1. The average Bonchev–Trinajstić information content (AvgIpc) is 2.58. The Hall–Kier alpha value is -1.26. The molecular weight excluding hydrogens is 234 g/mol. The van der Waals surface area contributed by atoms with Crippen LogP contribution in [0, 0.1) is 5.41 Å². The summed E-state index contributed by atoms with van der Waals surface area (Å²) in [6, 6.07) is 0. The fraction of sp³-hybridized carbons (Fsp3) is 0.846. The Labute approximate surface area is 107 Å². The molecule has 0 saturated carbocycles. The van der Waals surface area contributed by atoms with E-state index in [9.17, 15) is 9.59 Å². The number of likely N-dealkylation sites (tertiary alicyclic amines) is 1. The maximum absolute atomic E-state index is 12.0. The number of piperidine rings is 1. The lowest BCUT2D eigenvalue weighted by atomic mass is 9.79. The first-order valence-electron chi connectivity index (χ1n) is 6.48. The van der Waals surface area contributed by atoms with Gasteiger partial charge in [0.15, 0.2) is 0 Å². The molecule has 1 atom stereocenters. The summed E-state index contributed by atoms with van der Waals surface area (Å²) >= 11 is 0. The van der Waals surface area contributed by atoms with Crippen LogP contribution < -0.4 is 0 Å². The molecule has 2 fully saturated rings. The molecule has 0 aromatic carbocycles. The fourth-order valence-electron chi connectivity index (χ4n) is 2.58. The van der Waals surface area contributed by atoms with E-state index in [1.165, 1.54) is 0 Å². The van der Waals surface area contributed by atoms with Crippen LogP contribution in [0.1, 0.15) is 40.0 Å². The summed E-state index contributed by atoms with van der Waals surface area (Å²) in [6.07, 6.45) is 2.02. The third kappa shape index (κ3) is 2.60. The largest absolute Gasteiger partial charge is 0.465 e. The number of hydrogen-bond acceptors (Lipinski definition) is 4. The Morgan fingerprint density at radius 3 is 2.67 bits per heavy atom. The van der Waals surface area contributed by atoms with Crippen molar-refractivity contribution < 1.29 is 19.1 Å². The Balaban J connectivity index is 2.03. The standard InChI is InChI=1S/C13H21NO4/c1-12(2,3)18-11(16)14-7-4-5-13(9-14)6-8-17-10(13)15/h4-9H2,1-3H3/t13-/m1/s1. The molecule has 5 nitrogen and oxygen atoms in total. The number of carbonyl (C=O) groups excluding carboxylic acids is 2. The van der Waals surface area contributed by atoms with E-state index in [0.29, 0.717) is 26.1 Å². The number of hydrogen-bond donors (Lipinski definition) is 0. The molecule has 2 aliphatic rings. The lowest BCUT2D eigenvalue weighted by Crippen LogP contribution is -2.49. The monoisotopic (exact) mass is 255 g/mol. The van der Waals surface area contributed by atoms with E-state index >= 15 is 0 Å². The van der Waals surface area contributed by atoms with Crippen molar-refractivity contribution in [3.8, 4) is 0 Å². The highest BCUT2D eigenvalue weighted by Gasteiger charge is 2.48. The van der Waals surface area contributed by atoms with Gasteiger partial charge in [-0.25, -0.2) is 4.79 Å². The first-order valence-corrected chi connectivity index (χ1v) is 6.48. The van der Waals surface area contributed by atoms with E-state index in [-0.39, 0.29) is 12.1 Å². The number of esters is 1. The highest BCUT2D eigenvalue weighted by Crippen LogP contribution is 2.39. The van der Waals surface area contributed by atoms with Crippen molar-refractivity contribution in [3.63, 3.8) is 0 Å². The topological polar surface area (TPSA) is 55.8 Å². The summed E-state index contributed by atoms with van der Waals surface area (Å²) in [7, 11) is 0. The summed E-state index contributed by atoms with van der Waals surface area (Å²) < 4.78 is 10.4. The molecule has 5 heteroatoms. The molecule has 0 unspecified atom stereocenters. The third-order valence-corrected chi connectivity index (χ3v) is 3.48. The Kier molecular flexibility index (Phi) is 3.25. The van der Waals surface area contributed by atoms with E-state index in [2.05, 4.69) is 0 Å². The number of rotatable bonds is 0. The van der Waals surface area contributed by atoms with Gasteiger partial charge in [0.1, 0.15) is 5.60 Å². The second-order valence-corrected chi connectivity index (χ2v) is 6.17. The minimum atomic E-state index is -0.502. The minimum Gasteiger partial charge on any atom is -0.465 e. The third-order valence-electron chi connectivity index (χ3n) is 3.48. The van der Waals surface area contributed by atoms with Gasteiger partial charge in [0, 0.05) is 13.1 Å². The molecule has 2 rings (SSSR count). The molecular formula is C13H21NO4. The first kappa shape index (κ1) is 13.2. The first-order chi connectivity index (χ1) is 8.32. The number of carbonyl (C=O) groups is 2. The maximum atomic E-state index is 12.0. The Morgan fingerprint density at radius 1 is 1.39 bits per heavy atom. The number of ether oxygens (including phenoxy) is 2. The Morgan fingerprint density at radius 2 is 2.11 bits per heavy atom. The summed E-state index contributed by atoms with van der Waals surface area (Å²) in [6.45, 7) is 7.09. The van der Waals surface area contributed by atoms with Gasteiger partial charge < -0.3 is 14.4 Å². The lowest BCUT2D eigenvalue weighted by molar-refractivity contribution is -0.148. The zero-order valence-electron chi connectivity index (χ0n) is 11.3. The highest BCUT2D eigenvalue weighted by molar-refractivity contribution is 5.80. The second kappa shape index (κ2) is 4.44. The highest BCUT2D eigenvalue weighted by atomic mass is 16.6. The van der Waals surface area contributed by atoms with Crippen LogP contribution in [0.5, 0.6) is 0 Å². The normalized spacial score (nSPS) is 28.4. The second-order valence-electron chi connectivity index (χ2n) is 6.17. The van der Waals surface area contributed by atoms with Gasteiger partial charge >= 0.3 is 12.1 Å². The summed E-state index contributed by atoms with van der Waals surface area (Å²) in [5, 5.41) is 0. The molecule has 102 valence electrons. The summed E-state index contributed by atoms with van der Waals surface area (Å²) in [5.74, 6) is -0.157.